The second kappa shape index (κ2) is 9.67. The van der Waals surface area contributed by atoms with Crippen LogP contribution in [-0.4, -0.2) is 60.3 Å². The molecule has 0 unspecified atom stereocenters. The molecule has 0 heterocycles. The van der Waals surface area contributed by atoms with Crippen LogP contribution in [-0.2, 0) is 4.79 Å². The lowest BCUT2D eigenvalue weighted by molar-refractivity contribution is -0.447. The van der Waals surface area contributed by atoms with E-state index in [0.717, 1.165) is 0 Å². The summed E-state index contributed by atoms with van der Waals surface area (Å²) >= 11 is 0. The Morgan fingerprint density at radius 2 is 1.06 bits per heavy atom. The van der Waals surface area contributed by atoms with Gasteiger partial charge in [0, 0.05) is 18.4 Å². The van der Waals surface area contributed by atoms with Gasteiger partial charge in [-0.25, -0.2) is 8.78 Å². The zero-order valence-corrected chi connectivity index (χ0v) is 17.9. The van der Waals surface area contributed by atoms with E-state index in [1.165, 1.54) is 20.8 Å². The van der Waals surface area contributed by atoms with Crippen molar-refractivity contribution in [2.75, 3.05) is 6.54 Å². The molecule has 0 aliphatic carbocycles. The van der Waals surface area contributed by atoms with Crippen LogP contribution in [0, 0.1) is 5.41 Å². The molecule has 2 nitrogen and oxygen atoms in total. The van der Waals surface area contributed by atoms with E-state index in [1.54, 1.807) is 0 Å². The third kappa shape index (κ3) is 5.25. The molecule has 0 saturated heterocycles. The van der Waals surface area contributed by atoms with Gasteiger partial charge >= 0.3 is 47.9 Å². The molecule has 0 atom stereocenters. The van der Waals surface area contributed by atoms with Crippen LogP contribution in [0.25, 0.3) is 0 Å². The number of halogens is 16. The smallest absolute Gasteiger partial charge is 0.356 e. The van der Waals surface area contributed by atoms with E-state index in [1.807, 2.05) is 5.32 Å². The third-order valence-corrected chi connectivity index (χ3v) is 5.18. The fraction of sp³-hybridized carbons (Fsp3) is 0.941. The summed E-state index contributed by atoms with van der Waals surface area (Å²) in [6.45, 7) is 3.26. The summed E-state index contributed by atoms with van der Waals surface area (Å²) in [5.41, 5.74) is -1.11. The highest BCUT2D eigenvalue weighted by Crippen LogP contribution is 2.63. The molecule has 0 aromatic heterocycles. The van der Waals surface area contributed by atoms with Gasteiger partial charge in [-0.3, -0.25) is 4.79 Å². The van der Waals surface area contributed by atoms with E-state index in [4.69, 9.17) is 0 Å². The summed E-state index contributed by atoms with van der Waals surface area (Å²) in [4.78, 5) is 11.7. The largest absolute Gasteiger partial charge is 0.384 e. The molecular weight excluding hydrogens is 538 g/mol. The lowest BCUT2D eigenvalue weighted by Crippen LogP contribution is -2.73. The minimum atomic E-state index is -8.39. The zero-order valence-electron chi connectivity index (χ0n) is 17.9. The van der Waals surface area contributed by atoms with Crippen molar-refractivity contribution in [3.05, 3.63) is 0 Å². The minimum Gasteiger partial charge on any atom is -0.356 e. The van der Waals surface area contributed by atoms with Gasteiger partial charge in [0.15, 0.2) is 0 Å². The predicted molar refractivity (Wildman–Crippen MR) is 86.9 cm³/mol. The van der Waals surface area contributed by atoms with Crippen molar-refractivity contribution in [2.45, 2.75) is 87.9 Å². The fourth-order valence-corrected chi connectivity index (χ4v) is 2.24. The second-order valence-electron chi connectivity index (χ2n) is 8.10. The summed E-state index contributed by atoms with van der Waals surface area (Å²) < 4.78 is 212. The molecule has 0 fully saturated rings. The molecule has 35 heavy (non-hydrogen) atoms. The highest BCUT2D eigenvalue weighted by atomic mass is 19.4. The number of carbonyl (C=O) groups is 1. The van der Waals surface area contributed by atoms with Gasteiger partial charge in [0.2, 0.25) is 5.91 Å². The molecule has 0 radical (unpaired) electrons. The molecule has 1 amide bonds. The highest BCUT2D eigenvalue weighted by Gasteiger charge is 2.93. The number of rotatable bonds is 13. The van der Waals surface area contributed by atoms with E-state index in [0.29, 0.717) is 0 Å². The average Bonchev–Trinajstić information content (AvgIpc) is 2.69. The van der Waals surface area contributed by atoms with Crippen LogP contribution < -0.4 is 5.32 Å². The Morgan fingerprint density at radius 3 is 1.43 bits per heavy atom. The van der Waals surface area contributed by atoms with Gasteiger partial charge < -0.3 is 5.32 Å². The fourth-order valence-electron chi connectivity index (χ4n) is 2.24. The Morgan fingerprint density at radius 1 is 0.686 bits per heavy atom. The quantitative estimate of drug-likeness (QED) is 0.191. The predicted octanol–water partition coefficient (Wildman–Crippen LogP) is 7.03. The Balaban J connectivity index is 6.00. The normalized spacial score (nSPS) is 15.5. The van der Waals surface area contributed by atoms with Crippen molar-refractivity contribution in [2.24, 2.45) is 5.41 Å². The molecule has 210 valence electrons. The molecule has 0 aliphatic rings. The number of alkyl halides is 16. The number of hydrogen-bond acceptors (Lipinski definition) is 1. The second-order valence-corrected chi connectivity index (χ2v) is 8.10. The van der Waals surface area contributed by atoms with Crippen molar-refractivity contribution >= 4 is 5.91 Å². The van der Waals surface area contributed by atoms with Gasteiger partial charge in [-0.2, -0.15) is 61.5 Å². The Bertz CT molecular complexity index is 746. The van der Waals surface area contributed by atoms with Crippen molar-refractivity contribution in [1.82, 2.24) is 5.32 Å². The van der Waals surface area contributed by atoms with Crippen LogP contribution in [0.15, 0.2) is 0 Å². The summed E-state index contributed by atoms with van der Waals surface area (Å²) in [6, 6.07) is 0. The van der Waals surface area contributed by atoms with Gasteiger partial charge in [0.05, 0.1) is 0 Å². The summed E-state index contributed by atoms with van der Waals surface area (Å²) in [7, 11) is 0. The van der Waals surface area contributed by atoms with Crippen LogP contribution in [0.2, 0.25) is 0 Å². The van der Waals surface area contributed by atoms with Gasteiger partial charge in [-0.1, -0.05) is 20.8 Å². The number of amides is 1. The average molecular weight is 557 g/mol. The van der Waals surface area contributed by atoms with Gasteiger partial charge in [0.1, 0.15) is 0 Å². The van der Waals surface area contributed by atoms with E-state index < -0.39 is 78.6 Å². The third-order valence-electron chi connectivity index (χ3n) is 5.18. The van der Waals surface area contributed by atoms with Crippen molar-refractivity contribution in [1.29, 1.82) is 0 Å². The van der Waals surface area contributed by atoms with Gasteiger partial charge in [0.25, 0.3) is 0 Å². The minimum absolute atomic E-state index is 0.178. The van der Waals surface area contributed by atoms with Crippen LogP contribution in [0.1, 0.15) is 40.0 Å². The first-order valence-electron chi connectivity index (χ1n) is 9.34. The first kappa shape index (κ1) is 33.4. The van der Waals surface area contributed by atoms with Crippen molar-refractivity contribution < 1.29 is 75.0 Å². The topological polar surface area (TPSA) is 29.1 Å². The van der Waals surface area contributed by atoms with Crippen molar-refractivity contribution in [3.63, 3.8) is 0 Å². The molecule has 0 spiro atoms. The maximum atomic E-state index is 13.7. The van der Waals surface area contributed by atoms with E-state index in [2.05, 4.69) is 0 Å². The standard InChI is InChI=1S/C17H19F16NO/c1-4-10(2,3)9(35)34-7-5-6-11(20,21)13(24,25)15(28,29)17(32,33)16(30,31)14(26,27)12(22,23)8(18)19/h8H,4-7H2,1-3H3,(H,34,35). The highest BCUT2D eigenvalue weighted by molar-refractivity contribution is 5.81. The lowest BCUT2D eigenvalue weighted by atomic mass is 9.88. The summed E-state index contributed by atoms with van der Waals surface area (Å²) in [5, 5.41) is 1.91. The molecule has 0 bridgehead atoms. The van der Waals surface area contributed by atoms with E-state index in [9.17, 15) is 75.0 Å². The molecule has 0 saturated carbocycles. The van der Waals surface area contributed by atoms with E-state index in [-0.39, 0.29) is 6.42 Å². The Kier molecular flexibility index (Phi) is 9.21. The van der Waals surface area contributed by atoms with Crippen LogP contribution in [0.5, 0.6) is 0 Å². The molecule has 0 rings (SSSR count). The Hall–Kier alpha value is -1.65. The van der Waals surface area contributed by atoms with Gasteiger partial charge in [-0.15, -0.1) is 0 Å². The number of carbonyl (C=O) groups excluding carboxylic acids is 1. The van der Waals surface area contributed by atoms with Crippen LogP contribution in [0.3, 0.4) is 0 Å². The molecule has 0 aromatic carbocycles. The maximum Gasteiger partial charge on any atom is 0.384 e. The summed E-state index contributed by atoms with van der Waals surface area (Å²) in [5.74, 6) is -55.3. The Labute approximate surface area is 187 Å². The molecular formula is C17H19F16NO. The van der Waals surface area contributed by atoms with Crippen LogP contribution >= 0.6 is 0 Å². The lowest BCUT2D eigenvalue weighted by Gasteiger charge is -2.42. The SMILES string of the molecule is CCC(C)(C)C(=O)NCCCC(F)(F)C(F)(F)C(F)(F)C(F)(F)C(F)(F)C(F)(F)C(F)(F)C(F)F. The zero-order chi connectivity index (χ0) is 28.7. The molecule has 18 heteroatoms. The van der Waals surface area contributed by atoms with E-state index >= 15 is 0 Å². The first-order chi connectivity index (χ1) is 15.1. The van der Waals surface area contributed by atoms with Crippen molar-refractivity contribution in [3.8, 4) is 0 Å². The molecule has 1 N–H and O–H groups in total. The maximum absolute atomic E-state index is 13.7. The molecule has 0 aromatic rings. The molecule has 0 aliphatic heterocycles. The van der Waals surface area contributed by atoms with Gasteiger partial charge in [-0.05, 0) is 12.8 Å². The monoisotopic (exact) mass is 557 g/mol. The summed E-state index contributed by atoms with van der Waals surface area (Å²) in [6.07, 6.45) is -9.56. The number of nitrogens with one attached hydrogen (secondary N) is 1. The van der Waals surface area contributed by atoms with Crippen LogP contribution in [0.4, 0.5) is 70.2 Å². The number of hydrogen-bond donors (Lipinski definition) is 1. The first-order valence-corrected chi connectivity index (χ1v) is 9.34.